The van der Waals surface area contributed by atoms with E-state index >= 15 is 4.39 Å². The molecule has 0 saturated heterocycles. The highest BCUT2D eigenvalue weighted by Gasteiger charge is 2.41. The molecule has 2 heterocycles. The predicted molar refractivity (Wildman–Crippen MR) is 146 cm³/mol. The van der Waals surface area contributed by atoms with Gasteiger partial charge in [-0.15, -0.1) is 0 Å². The molecule has 3 aromatic rings. The number of carboxylic acid groups (broad SMARTS) is 1. The molecule has 0 bridgehead atoms. The number of para-hydroxylation sites is 1. The van der Waals surface area contributed by atoms with Crippen LogP contribution in [0.3, 0.4) is 0 Å². The zero-order chi connectivity index (χ0) is 26.2. The van der Waals surface area contributed by atoms with Crippen molar-refractivity contribution in [3.05, 3.63) is 63.7 Å². The molecule has 7 nitrogen and oxygen atoms in total. The van der Waals surface area contributed by atoms with E-state index in [0.717, 1.165) is 69.3 Å². The van der Waals surface area contributed by atoms with Gasteiger partial charge in [0.2, 0.25) is 5.43 Å². The van der Waals surface area contributed by atoms with Gasteiger partial charge in [-0.3, -0.25) is 4.79 Å². The van der Waals surface area contributed by atoms with E-state index in [0.29, 0.717) is 24.2 Å². The standard InChI is InChI=1S/C29H35FN4O3/c1-2-33(19-10-4-3-5-11-19)17-9-16-32-25-20-12-6-7-13-29(14-8-15-29)34-18-21(28(36)37)27(35)22(26(20)34)24(31)23(25)30/h3-5,10-11,18,32H,2,6-9,12-17,31H2,1H3,(H,36,37). The Morgan fingerprint density at radius 2 is 1.92 bits per heavy atom. The third kappa shape index (κ3) is 4.32. The molecule has 1 aliphatic heterocycles. The maximum atomic E-state index is 15.8. The number of nitrogens with zero attached hydrogens (tertiary/aromatic N) is 2. The highest BCUT2D eigenvalue weighted by Crippen LogP contribution is 2.48. The molecule has 2 aliphatic rings. The van der Waals surface area contributed by atoms with Gasteiger partial charge in [-0.05, 0) is 64.0 Å². The van der Waals surface area contributed by atoms with Gasteiger partial charge >= 0.3 is 5.97 Å². The first-order valence-electron chi connectivity index (χ1n) is 13.3. The lowest BCUT2D eigenvalue weighted by Gasteiger charge is -2.46. The molecule has 37 heavy (non-hydrogen) atoms. The minimum atomic E-state index is -1.31. The Balaban J connectivity index is 1.54. The van der Waals surface area contributed by atoms with Crippen LogP contribution in [0.25, 0.3) is 10.9 Å². The SMILES string of the molecule is CCN(CCCNc1c(F)c(N)c2c(=O)c(C(=O)O)cn3c2c1CCCCC31CCC1)c1ccccc1. The first-order chi connectivity index (χ1) is 17.9. The number of carboxylic acids is 1. The summed E-state index contributed by atoms with van der Waals surface area (Å²) in [5, 5.41) is 13.1. The first-order valence-corrected chi connectivity index (χ1v) is 13.3. The minimum Gasteiger partial charge on any atom is -0.477 e. The smallest absolute Gasteiger partial charge is 0.341 e. The number of pyridine rings is 1. The number of fused-ring (bicyclic) bond motifs is 1. The average molecular weight is 507 g/mol. The molecule has 1 fully saturated rings. The van der Waals surface area contributed by atoms with Crippen molar-refractivity contribution in [2.75, 3.05) is 35.6 Å². The quantitative estimate of drug-likeness (QED) is 0.281. The number of rotatable bonds is 8. The molecule has 0 amide bonds. The van der Waals surface area contributed by atoms with Gasteiger partial charge in [-0.25, -0.2) is 9.18 Å². The van der Waals surface area contributed by atoms with Crippen LogP contribution in [0, 0.1) is 5.82 Å². The van der Waals surface area contributed by atoms with E-state index in [1.165, 1.54) is 6.20 Å². The van der Waals surface area contributed by atoms with Crippen LogP contribution in [0.2, 0.25) is 0 Å². The second kappa shape index (κ2) is 10.1. The second-order valence-electron chi connectivity index (χ2n) is 10.3. The number of aromatic nitrogens is 1. The molecule has 4 N–H and O–H groups in total. The summed E-state index contributed by atoms with van der Waals surface area (Å²) < 4.78 is 17.8. The van der Waals surface area contributed by atoms with Crippen molar-refractivity contribution in [1.82, 2.24) is 4.57 Å². The van der Waals surface area contributed by atoms with Crippen LogP contribution in [0.5, 0.6) is 0 Å². The highest BCUT2D eigenvalue weighted by molar-refractivity contribution is 6.01. The Morgan fingerprint density at radius 3 is 2.57 bits per heavy atom. The summed E-state index contributed by atoms with van der Waals surface area (Å²) in [5.74, 6) is -1.97. The van der Waals surface area contributed by atoms with E-state index in [9.17, 15) is 14.7 Å². The summed E-state index contributed by atoms with van der Waals surface area (Å²) >= 11 is 0. The monoisotopic (exact) mass is 506 g/mol. The molecular weight excluding hydrogens is 471 g/mol. The molecule has 0 radical (unpaired) electrons. The van der Waals surface area contributed by atoms with E-state index in [2.05, 4.69) is 29.3 Å². The molecule has 1 aliphatic carbocycles. The Morgan fingerprint density at radius 1 is 1.19 bits per heavy atom. The van der Waals surface area contributed by atoms with Crippen molar-refractivity contribution >= 4 is 33.9 Å². The topological polar surface area (TPSA) is 101 Å². The Labute approximate surface area is 216 Å². The fraction of sp³-hybridized carbons (Fsp3) is 0.448. The summed E-state index contributed by atoms with van der Waals surface area (Å²) in [4.78, 5) is 27.5. The molecule has 2 aromatic carbocycles. The second-order valence-corrected chi connectivity index (χ2v) is 10.3. The largest absolute Gasteiger partial charge is 0.477 e. The maximum absolute atomic E-state index is 15.8. The number of aromatic carboxylic acids is 1. The number of hydrogen-bond donors (Lipinski definition) is 3. The van der Waals surface area contributed by atoms with E-state index in [-0.39, 0.29) is 22.2 Å². The normalized spacial score (nSPS) is 16.2. The first kappa shape index (κ1) is 25.1. The van der Waals surface area contributed by atoms with Crippen molar-refractivity contribution in [3.63, 3.8) is 0 Å². The molecule has 196 valence electrons. The number of nitrogens with one attached hydrogen (secondary N) is 1. The number of benzene rings is 2. The lowest BCUT2D eigenvalue weighted by Crippen LogP contribution is -2.43. The molecular formula is C29H35FN4O3. The van der Waals surface area contributed by atoms with Crippen molar-refractivity contribution in [2.45, 2.75) is 63.8 Å². The molecule has 5 rings (SSSR count). The third-order valence-corrected chi connectivity index (χ3v) is 8.27. The van der Waals surface area contributed by atoms with E-state index in [4.69, 9.17) is 5.73 Å². The van der Waals surface area contributed by atoms with Gasteiger partial charge in [-0.1, -0.05) is 24.6 Å². The number of anilines is 3. The molecule has 1 saturated carbocycles. The number of hydrogen-bond acceptors (Lipinski definition) is 5. The van der Waals surface area contributed by atoms with Gasteiger partial charge in [-0.2, -0.15) is 0 Å². The van der Waals surface area contributed by atoms with Crippen molar-refractivity contribution in [3.8, 4) is 0 Å². The van der Waals surface area contributed by atoms with Crippen LogP contribution in [-0.4, -0.2) is 35.3 Å². The van der Waals surface area contributed by atoms with Crippen LogP contribution in [-0.2, 0) is 12.0 Å². The van der Waals surface area contributed by atoms with Crippen LogP contribution >= 0.6 is 0 Å². The third-order valence-electron chi connectivity index (χ3n) is 8.27. The number of halogens is 1. The van der Waals surface area contributed by atoms with Gasteiger partial charge in [0.05, 0.1) is 22.3 Å². The predicted octanol–water partition coefficient (Wildman–Crippen LogP) is 5.36. The Bertz CT molecular complexity index is 1380. The fourth-order valence-corrected chi connectivity index (χ4v) is 6.15. The molecule has 1 spiro atoms. The summed E-state index contributed by atoms with van der Waals surface area (Å²) in [6.07, 6.45) is 8.49. The van der Waals surface area contributed by atoms with Crippen LogP contribution in [0.15, 0.2) is 41.3 Å². The number of carbonyl (C=O) groups is 1. The van der Waals surface area contributed by atoms with Gasteiger partial charge in [0.15, 0.2) is 5.82 Å². The number of nitrogen functional groups attached to an aromatic ring is 1. The van der Waals surface area contributed by atoms with Crippen molar-refractivity contribution in [1.29, 1.82) is 0 Å². The van der Waals surface area contributed by atoms with Crippen LogP contribution < -0.4 is 21.4 Å². The number of aryl methyl sites for hydroxylation is 1. The zero-order valence-electron chi connectivity index (χ0n) is 21.4. The van der Waals surface area contributed by atoms with Crippen LogP contribution in [0.1, 0.15) is 67.8 Å². The van der Waals surface area contributed by atoms with Crippen molar-refractivity contribution < 1.29 is 14.3 Å². The fourth-order valence-electron chi connectivity index (χ4n) is 6.15. The average Bonchev–Trinajstić information content (AvgIpc) is 2.86. The van der Waals surface area contributed by atoms with E-state index in [1.807, 2.05) is 22.8 Å². The van der Waals surface area contributed by atoms with Gasteiger partial charge in [0, 0.05) is 42.6 Å². The van der Waals surface area contributed by atoms with Gasteiger partial charge in [0.25, 0.3) is 0 Å². The lowest BCUT2D eigenvalue weighted by molar-refractivity contribution is 0.0691. The highest BCUT2D eigenvalue weighted by atomic mass is 19.1. The summed E-state index contributed by atoms with van der Waals surface area (Å²) in [7, 11) is 0. The molecule has 1 aromatic heterocycles. The Kier molecular flexibility index (Phi) is 6.84. The maximum Gasteiger partial charge on any atom is 0.341 e. The Hall–Kier alpha value is -3.55. The lowest BCUT2D eigenvalue weighted by atomic mass is 9.71. The van der Waals surface area contributed by atoms with Gasteiger partial charge < -0.3 is 25.6 Å². The van der Waals surface area contributed by atoms with Gasteiger partial charge in [0.1, 0.15) is 5.56 Å². The zero-order valence-corrected chi connectivity index (χ0v) is 21.4. The molecule has 0 unspecified atom stereocenters. The molecule has 8 heteroatoms. The summed E-state index contributed by atoms with van der Waals surface area (Å²) in [6, 6.07) is 10.2. The molecule has 0 atom stereocenters. The van der Waals surface area contributed by atoms with E-state index in [1.54, 1.807) is 0 Å². The number of nitrogens with two attached hydrogens (primary N) is 1. The summed E-state index contributed by atoms with van der Waals surface area (Å²) in [5.41, 5.74) is 7.53. The minimum absolute atomic E-state index is 0.00682. The van der Waals surface area contributed by atoms with Crippen LogP contribution in [0.4, 0.5) is 21.5 Å². The van der Waals surface area contributed by atoms with E-state index < -0.39 is 17.2 Å². The van der Waals surface area contributed by atoms with Crippen molar-refractivity contribution in [2.24, 2.45) is 0 Å². The summed E-state index contributed by atoms with van der Waals surface area (Å²) in [6.45, 7) is 4.33.